The molecule has 0 fully saturated rings. The monoisotopic (exact) mass is 262 g/mol. The first-order valence-electron chi connectivity index (χ1n) is 5.69. The number of furan rings is 1. The van der Waals surface area contributed by atoms with E-state index in [0.29, 0.717) is 0 Å². The molecule has 0 aliphatic carbocycles. The Morgan fingerprint density at radius 2 is 2.00 bits per heavy atom. The molecule has 4 heteroatoms. The van der Waals surface area contributed by atoms with Crippen molar-refractivity contribution in [2.45, 2.75) is 20.8 Å². The number of anilines is 1. The summed E-state index contributed by atoms with van der Waals surface area (Å²) in [6, 6.07) is 9.55. The van der Waals surface area contributed by atoms with Crippen LogP contribution in [0.5, 0.6) is 0 Å². The highest BCUT2D eigenvalue weighted by atomic mass is 35.5. The minimum atomic E-state index is 0.724. The first kappa shape index (κ1) is 12.7. The number of hydrogen-bond donors (Lipinski definition) is 1. The Kier molecular flexibility index (Phi) is 3.72. The molecule has 0 amide bonds. The van der Waals surface area contributed by atoms with Gasteiger partial charge in [-0.05, 0) is 50.6 Å². The third kappa shape index (κ3) is 2.93. The standard InChI is InChI=1S/C14H15ClN2O/c1-9-4-6-12(8-13(9)15)17-16-11(3)14-7-5-10(2)18-14/h4-8,17H,1-3H3/b16-11+. The molecule has 0 saturated heterocycles. The zero-order valence-electron chi connectivity index (χ0n) is 10.6. The molecule has 1 aromatic carbocycles. The molecule has 1 aromatic heterocycles. The zero-order chi connectivity index (χ0) is 13.1. The van der Waals surface area contributed by atoms with E-state index in [1.54, 1.807) is 0 Å². The van der Waals surface area contributed by atoms with E-state index in [4.69, 9.17) is 16.0 Å². The van der Waals surface area contributed by atoms with Crippen LogP contribution < -0.4 is 5.43 Å². The van der Waals surface area contributed by atoms with E-state index in [-0.39, 0.29) is 0 Å². The number of hydrazone groups is 1. The molecule has 2 aromatic rings. The molecule has 94 valence electrons. The van der Waals surface area contributed by atoms with Gasteiger partial charge in [0.25, 0.3) is 0 Å². The Balaban J connectivity index is 2.12. The number of benzene rings is 1. The van der Waals surface area contributed by atoms with E-state index in [9.17, 15) is 0 Å². The van der Waals surface area contributed by atoms with Gasteiger partial charge in [0.2, 0.25) is 0 Å². The third-order valence-electron chi connectivity index (χ3n) is 2.62. The van der Waals surface area contributed by atoms with Gasteiger partial charge in [-0.3, -0.25) is 5.43 Å². The van der Waals surface area contributed by atoms with Crippen molar-refractivity contribution in [3.8, 4) is 0 Å². The zero-order valence-corrected chi connectivity index (χ0v) is 11.4. The van der Waals surface area contributed by atoms with Gasteiger partial charge in [0, 0.05) is 5.02 Å². The van der Waals surface area contributed by atoms with Gasteiger partial charge in [-0.2, -0.15) is 5.10 Å². The molecule has 0 spiro atoms. The van der Waals surface area contributed by atoms with Gasteiger partial charge in [-0.15, -0.1) is 0 Å². The van der Waals surface area contributed by atoms with Crippen molar-refractivity contribution in [3.63, 3.8) is 0 Å². The van der Waals surface area contributed by atoms with Gasteiger partial charge >= 0.3 is 0 Å². The van der Waals surface area contributed by atoms with Crippen molar-refractivity contribution in [3.05, 3.63) is 52.4 Å². The molecule has 0 unspecified atom stereocenters. The molecule has 3 nitrogen and oxygen atoms in total. The average Bonchev–Trinajstić information content (AvgIpc) is 2.77. The highest BCUT2D eigenvalue weighted by Gasteiger charge is 2.02. The van der Waals surface area contributed by atoms with E-state index < -0.39 is 0 Å². The van der Waals surface area contributed by atoms with Crippen molar-refractivity contribution in [2.75, 3.05) is 5.43 Å². The SMILES string of the molecule is C/C(=N\Nc1ccc(C)c(Cl)c1)c1ccc(C)o1. The topological polar surface area (TPSA) is 37.5 Å². The first-order valence-corrected chi connectivity index (χ1v) is 6.07. The van der Waals surface area contributed by atoms with Gasteiger partial charge in [0.05, 0.1) is 5.69 Å². The molecule has 1 heterocycles. The van der Waals surface area contributed by atoms with Crippen LogP contribution in [0.15, 0.2) is 39.9 Å². The number of hydrogen-bond acceptors (Lipinski definition) is 3. The predicted molar refractivity (Wildman–Crippen MR) is 75.5 cm³/mol. The molecule has 0 saturated carbocycles. The van der Waals surface area contributed by atoms with E-state index in [0.717, 1.165) is 33.5 Å². The third-order valence-corrected chi connectivity index (χ3v) is 3.03. The second kappa shape index (κ2) is 5.27. The van der Waals surface area contributed by atoms with Crippen LogP contribution in [-0.2, 0) is 0 Å². The Morgan fingerprint density at radius 1 is 1.22 bits per heavy atom. The number of halogens is 1. The van der Waals surface area contributed by atoms with Gasteiger partial charge in [-0.1, -0.05) is 17.7 Å². The molecule has 0 bridgehead atoms. The van der Waals surface area contributed by atoms with Crippen LogP contribution in [-0.4, -0.2) is 5.71 Å². The van der Waals surface area contributed by atoms with Crippen LogP contribution in [0.1, 0.15) is 24.0 Å². The molecule has 0 aliphatic heterocycles. The summed E-state index contributed by atoms with van der Waals surface area (Å²) in [5.41, 5.74) is 5.66. The summed E-state index contributed by atoms with van der Waals surface area (Å²) in [5, 5.41) is 4.99. The van der Waals surface area contributed by atoms with Crippen molar-refractivity contribution >= 4 is 23.0 Å². The summed E-state index contributed by atoms with van der Waals surface area (Å²) in [6.07, 6.45) is 0. The summed E-state index contributed by atoms with van der Waals surface area (Å²) < 4.78 is 5.48. The Bertz CT molecular complexity index is 587. The largest absolute Gasteiger partial charge is 0.460 e. The summed E-state index contributed by atoms with van der Waals surface area (Å²) in [5.74, 6) is 1.64. The second-order valence-corrected chi connectivity index (χ2v) is 4.59. The van der Waals surface area contributed by atoms with Gasteiger partial charge in [0.1, 0.15) is 17.2 Å². The van der Waals surface area contributed by atoms with E-state index in [1.165, 1.54) is 0 Å². The maximum absolute atomic E-state index is 6.04. The Hall–Kier alpha value is -1.74. The summed E-state index contributed by atoms with van der Waals surface area (Å²) in [6.45, 7) is 5.76. The molecule has 0 radical (unpaired) electrons. The lowest BCUT2D eigenvalue weighted by Gasteiger charge is -2.04. The highest BCUT2D eigenvalue weighted by Crippen LogP contribution is 2.20. The quantitative estimate of drug-likeness (QED) is 0.658. The van der Waals surface area contributed by atoms with Gasteiger partial charge in [0.15, 0.2) is 0 Å². The van der Waals surface area contributed by atoms with Crippen LogP contribution >= 0.6 is 11.6 Å². The van der Waals surface area contributed by atoms with Crippen LogP contribution in [0.25, 0.3) is 0 Å². The second-order valence-electron chi connectivity index (χ2n) is 4.18. The molecular formula is C14H15ClN2O. The Labute approximate surface area is 111 Å². The number of nitrogens with one attached hydrogen (secondary N) is 1. The fourth-order valence-electron chi connectivity index (χ4n) is 1.49. The first-order chi connectivity index (χ1) is 8.56. The smallest absolute Gasteiger partial charge is 0.149 e. The number of aryl methyl sites for hydroxylation is 2. The summed E-state index contributed by atoms with van der Waals surface area (Å²) in [7, 11) is 0. The lowest BCUT2D eigenvalue weighted by atomic mass is 10.2. The van der Waals surface area contributed by atoms with Crippen LogP contribution in [0.2, 0.25) is 5.02 Å². The van der Waals surface area contributed by atoms with Crippen LogP contribution in [0, 0.1) is 13.8 Å². The fourth-order valence-corrected chi connectivity index (χ4v) is 1.68. The van der Waals surface area contributed by atoms with Crippen LogP contribution in [0.3, 0.4) is 0 Å². The fraction of sp³-hybridized carbons (Fsp3) is 0.214. The molecule has 1 N–H and O–H groups in total. The lowest BCUT2D eigenvalue weighted by Crippen LogP contribution is -1.98. The van der Waals surface area contributed by atoms with Crippen molar-refractivity contribution in [2.24, 2.45) is 5.10 Å². The minimum Gasteiger partial charge on any atom is -0.460 e. The maximum Gasteiger partial charge on any atom is 0.149 e. The maximum atomic E-state index is 6.04. The van der Waals surface area contributed by atoms with Gasteiger partial charge < -0.3 is 4.42 Å². The van der Waals surface area contributed by atoms with E-state index >= 15 is 0 Å². The van der Waals surface area contributed by atoms with Crippen molar-refractivity contribution in [1.82, 2.24) is 0 Å². The molecule has 2 rings (SSSR count). The lowest BCUT2D eigenvalue weighted by molar-refractivity contribution is 0.525. The van der Waals surface area contributed by atoms with E-state index in [2.05, 4.69) is 10.5 Å². The number of nitrogens with zero attached hydrogens (tertiary/aromatic N) is 1. The number of rotatable bonds is 3. The van der Waals surface area contributed by atoms with E-state index in [1.807, 2.05) is 51.1 Å². The van der Waals surface area contributed by atoms with Crippen molar-refractivity contribution < 1.29 is 4.42 Å². The molecular weight excluding hydrogens is 248 g/mol. The predicted octanol–water partition coefficient (Wildman–Crippen LogP) is 4.39. The molecule has 0 aliphatic rings. The van der Waals surface area contributed by atoms with Crippen LogP contribution in [0.4, 0.5) is 5.69 Å². The molecule has 0 atom stereocenters. The Morgan fingerprint density at radius 3 is 2.61 bits per heavy atom. The summed E-state index contributed by atoms with van der Waals surface area (Å²) >= 11 is 6.04. The highest BCUT2D eigenvalue weighted by molar-refractivity contribution is 6.31. The molecule has 18 heavy (non-hydrogen) atoms. The van der Waals surface area contributed by atoms with Gasteiger partial charge in [-0.25, -0.2) is 0 Å². The summed E-state index contributed by atoms with van der Waals surface area (Å²) in [4.78, 5) is 0. The average molecular weight is 263 g/mol. The van der Waals surface area contributed by atoms with Crippen molar-refractivity contribution in [1.29, 1.82) is 0 Å². The minimum absolute atomic E-state index is 0.724. The normalized spacial score (nSPS) is 11.7.